The van der Waals surface area contributed by atoms with E-state index in [1.54, 1.807) is 18.2 Å². The number of nitrogen functional groups attached to an aromatic ring is 1. The summed E-state index contributed by atoms with van der Waals surface area (Å²) >= 11 is 0. The van der Waals surface area contributed by atoms with Crippen LogP contribution in [0.5, 0.6) is 11.8 Å². The smallest absolute Gasteiger partial charge is 0.407 e. The highest BCUT2D eigenvalue weighted by atomic mass is 19.1. The van der Waals surface area contributed by atoms with E-state index in [1.165, 1.54) is 6.07 Å². The number of nitrogens with zero attached hydrogens (tertiary/aromatic N) is 2. The van der Waals surface area contributed by atoms with Gasteiger partial charge in [0.1, 0.15) is 5.82 Å². The molecule has 3 rings (SSSR count). The van der Waals surface area contributed by atoms with Crippen molar-refractivity contribution in [2.45, 2.75) is 0 Å². The Balaban J connectivity index is 1.94. The standard InChI is InChI=1S/C14H9F2N3O3/c15-8-4-5-12(11(16)6-8)21-13-18-19(14(20)22-13)10-3-1-2-9(17)7-10/h1-7H,17H2. The molecule has 8 heteroatoms. The zero-order valence-electron chi connectivity index (χ0n) is 11.0. The molecule has 0 aliphatic rings. The molecule has 0 radical (unpaired) electrons. The molecule has 1 aromatic heterocycles. The Kier molecular flexibility index (Phi) is 3.34. The van der Waals surface area contributed by atoms with Gasteiger partial charge in [0.05, 0.1) is 5.69 Å². The Morgan fingerprint density at radius 3 is 2.73 bits per heavy atom. The first-order valence-electron chi connectivity index (χ1n) is 6.12. The SMILES string of the molecule is Nc1cccc(-n2nc(Oc3ccc(F)cc3F)oc2=O)c1. The summed E-state index contributed by atoms with van der Waals surface area (Å²) in [7, 11) is 0. The number of hydrogen-bond acceptors (Lipinski definition) is 5. The molecule has 112 valence electrons. The fraction of sp³-hybridized carbons (Fsp3) is 0. The first-order valence-corrected chi connectivity index (χ1v) is 6.12. The molecule has 0 amide bonds. The largest absolute Gasteiger partial charge is 0.444 e. The lowest BCUT2D eigenvalue weighted by molar-refractivity contribution is 0.308. The maximum absolute atomic E-state index is 13.5. The fourth-order valence-electron chi connectivity index (χ4n) is 1.77. The minimum absolute atomic E-state index is 0.317. The highest BCUT2D eigenvalue weighted by Gasteiger charge is 2.14. The van der Waals surface area contributed by atoms with Crippen LogP contribution in [0.2, 0.25) is 0 Å². The van der Waals surface area contributed by atoms with Crippen molar-refractivity contribution in [1.29, 1.82) is 0 Å². The van der Waals surface area contributed by atoms with E-state index in [-0.39, 0.29) is 5.75 Å². The van der Waals surface area contributed by atoms with Gasteiger partial charge in [0.2, 0.25) is 0 Å². The topological polar surface area (TPSA) is 83.3 Å². The number of ether oxygens (including phenoxy) is 1. The van der Waals surface area contributed by atoms with Crippen LogP contribution in [-0.2, 0) is 0 Å². The summed E-state index contributed by atoms with van der Waals surface area (Å²) in [6, 6.07) is 9.07. The van der Waals surface area contributed by atoms with Crippen LogP contribution in [0.15, 0.2) is 51.7 Å². The van der Waals surface area contributed by atoms with Crippen molar-refractivity contribution in [3.05, 3.63) is 64.6 Å². The fourth-order valence-corrected chi connectivity index (χ4v) is 1.77. The number of anilines is 1. The molecule has 0 saturated heterocycles. The molecule has 3 aromatic rings. The molecular weight excluding hydrogens is 296 g/mol. The van der Waals surface area contributed by atoms with Crippen LogP contribution in [0.4, 0.5) is 14.5 Å². The van der Waals surface area contributed by atoms with Crippen LogP contribution in [0.1, 0.15) is 0 Å². The van der Waals surface area contributed by atoms with Gasteiger partial charge in [0.15, 0.2) is 11.6 Å². The third-order valence-corrected chi connectivity index (χ3v) is 2.74. The van der Waals surface area contributed by atoms with Crippen molar-refractivity contribution in [2.75, 3.05) is 5.73 Å². The molecule has 0 aliphatic heterocycles. The van der Waals surface area contributed by atoms with E-state index >= 15 is 0 Å². The van der Waals surface area contributed by atoms with Gasteiger partial charge in [-0.25, -0.2) is 13.6 Å². The highest BCUT2D eigenvalue weighted by molar-refractivity contribution is 5.46. The minimum atomic E-state index is -0.943. The quantitative estimate of drug-likeness (QED) is 0.752. The van der Waals surface area contributed by atoms with Gasteiger partial charge in [-0.15, -0.1) is 0 Å². The number of aromatic nitrogens is 2. The van der Waals surface area contributed by atoms with E-state index in [4.69, 9.17) is 14.9 Å². The second kappa shape index (κ2) is 5.32. The van der Waals surface area contributed by atoms with Gasteiger partial charge < -0.3 is 14.9 Å². The number of benzene rings is 2. The van der Waals surface area contributed by atoms with Gasteiger partial charge >= 0.3 is 11.8 Å². The first kappa shape index (κ1) is 13.8. The van der Waals surface area contributed by atoms with E-state index in [9.17, 15) is 13.6 Å². The van der Waals surface area contributed by atoms with E-state index in [0.29, 0.717) is 17.4 Å². The van der Waals surface area contributed by atoms with Crippen LogP contribution in [0.3, 0.4) is 0 Å². The number of rotatable bonds is 3. The van der Waals surface area contributed by atoms with E-state index in [2.05, 4.69) is 5.10 Å². The summed E-state index contributed by atoms with van der Waals surface area (Å²) in [6.45, 7) is 0. The first-order chi connectivity index (χ1) is 10.5. The van der Waals surface area contributed by atoms with Crippen molar-refractivity contribution in [2.24, 2.45) is 0 Å². The Hall–Kier alpha value is -3.16. The predicted molar refractivity (Wildman–Crippen MR) is 72.9 cm³/mol. The second-order valence-corrected chi connectivity index (χ2v) is 4.32. The van der Waals surface area contributed by atoms with E-state index in [1.807, 2.05) is 0 Å². The zero-order chi connectivity index (χ0) is 15.7. The summed E-state index contributed by atoms with van der Waals surface area (Å²) in [5.74, 6) is -2.84. The average molecular weight is 305 g/mol. The lowest BCUT2D eigenvalue weighted by Gasteiger charge is -2.01. The van der Waals surface area contributed by atoms with Crippen LogP contribution in [0.25, 0.3) is 5.69 Å². The molecule has 0 unspecified atom stereocenters. The molecule has 0 spiro atoms. The van der Waals surface area contributed by atoms with Crippen LogP contribution in [0, 0.1) is 11.6 Å². The Labute approximate surface area is 122 Å². The average Bonchev–Trinajstić information content (AvgIpc) is 2.83. The van der Waals surface area contributed by atoms with Crippen LogP contribution in [-0.4, -0.2) is 9.78 Å². The normalized spacial score (nSPS) is 10.6. The highest BCUT2D eigenvalue weighted by Crippen LogP contribution is 2.23. The monoisotopic (exact) mass is 305 g/mol. The molecule has 0 saturated carbocycles. The molecule has 1 heterocycles. The Morgan fingerprint density at radius 1 is 1.18 bits per heavy atom. The van der Waals surface area contributed by atoms with Gasteiger partial charge in [-0.2, -0.15) is 4.68 Å². The van der Waals surface area contributed by atoms with Gasteiger partial charge in [-0.1, -0.05) is 11.2 Å². The summed E-state index contributed by atoms with van der Waals surface area (Å²) in [5, 5.41) is 3.78. The van der Waals surface area contributed by atoms with E-state index in [0.717, 1.165) is 16.8 Å². The summed E-state index contributed by atoms with van der Waals surface area (Å²) in [5.41, 5.74) is 6.41. The van der Waals surface area contributed by atoms with Crippen molar-refractivity contribution in [3.8, 4) is 17.5 Å². The van der Waals surface area contributed by atoms with Gasteiger partial charge in [-0.3, -0.25) is 0 Å². The van der Waals surface area contributed by atoms with Crippen molar-refractivity contribution in [1.82, 2.24) is 9.78 Å². The minimum Gasteiger partial charge on any atom is -0.407 e. The third kappa shape index (κ3) is 2.66. The number of halogens is 2. The van der Waals surface area contributed by atoms with E-state index < -0.39 is 23.5 Å². The second-order valence-electron chi connectivity index (χ2n) is 4.32. The lowest BCUT2D eigenvalue weighted by Crippen LogP contribution is -2.13. The molecule has 0 atom stereocenters. The third-order valence-electron chi connectivity index (χ3n) is 2.74. The van der Waals surface area contributed by atoms with Crippen molar-refractivity contribution < 1.29 is 17.9 Å². The summed E-state index contributed by atoms with van der Waals surface area (Å²) in [4.78, 5) is 11.7. The molecule has 0 aliphatic carbocycles. The molecule has 2 aromatic carbocycles. The predicted octanol–water partition coefficient (Wildman–Crippen LogP) is 2.48. The molecule has 0 bridgehead atoms. The van der Waals surface area contributed by atoms with Crippen molar-refractivity contribution in [3.63, 3.8) is 0 Å². The number of hydrogen-bond donors (Lipinski definition) is 1. The summed E-state index contributed by atoms with van der Waals surface area (Å²) < 4.78 is 37.0. The molecule has 2 N–H and O–H groups in total. The molecule has 0 fully saturated rings. The maximum Gasteiger partial charge on any atom is 0.444 e. The Bertz CT molecular complexity index is 889. The Morgan fingerprint density at radius 2 is 2.00 bits per heavy atom. The lowest BCUT2D eigenvalue weighted by atomic mass is 10.3. The molecule has 22 heavy (non-hydrogen) atoms. The number of nitrogens with two attached hydrogens (primary N) is 1. The summed E-state index contributed by atoms with van der Waals surface area (Å²) in [6.07, 6.45) is -0.474. The van der Waals surface area contributed by atoms with Crippen LogP contribution >= 0.6 is 0 Å². The van der Waals surface area contributed by atoms with Gasteiger partial charge in [0.25, 0.3) is 0 Å². The van der Waals surface area contributed by atoms with Crippen LogP contribution < -0.4 is 16.2 Å². The maximum atomic E-state index is 13.5. The molecular formula is C14H9F2N3O3. The molecule has 6 nitrogen and oxygen atoms in total. The van der Waals surface area contributed by atoms with Gasteiger partial charge in [0, 0.05) is 11.8 Å². The zero-order valence-corrected chi connectivity index (χ0v) is 11.0. The van der Waals surface area contributed by atoms with Gasteiger partial charge in [-0.05, 0) is 30.3 Å². The van der Waals surface area contributed by atoms with Crippen molar-refractivity contribution >= 4 is 5.69 Å².